The Morgan fingerprint density at radius 1 is 0.464 bits per heavy atom. The Kier molecular flexibility index (Phi) is 11.3. The second-order valence-electron chi connectivity index (χ2n) is 13.9. The number of nitrogens with two attached hydrogens (primary N) is 1. The van der Waals surface area contributed by atoms with Gasteiger partial charge in [0, 0.05) is 28.1 Å². The van der Waals surface area contributed by atoms with Crippen molar-refractivity contribution in [3.05, 3.63) is 240 Å². The summed E-state index contributed by atoms with van der Waals surface area (Å²) in [6.45, 7) is 15.0. The lowest BCUT2D eigenvalue weighted by atomic mass is 9.95. The Labute approximate surface area is 331 Å². The Balaban J connectivity index is 1.16. The molecule has 0 radical (unpaired) electrons. The molecule has 0 fully saturated rings. The van der Waals surface area contributed by atoms with Crippen molar-refractivity contribution in [1.82, 2.24) is 0 Å². The Bertz CT molecular complexity index is 2590. The molecule has 0 bridgehead atoms. The van der Waals surface area contributed by atoms with Crippen molar-refractivity contribution >= 4 is 34.1 Å². The minimum Gasteiger partial charge on any atom is -0.398 e. The molecule has 0 spiro atoms. The molecule has 56 heavy (non-hydrogen) atoms. The van der Waals surface area contributed by atoms with Gasteiger partial charge in [-0.2, -0.15) is 0 Å². The van der Waals surface area contributed by atoms with E-state index in [1.165, 1.54) is 11.1 Å². The second kappa shape index (κ2) is 16.9. The normalized spacial score (nSPS) is 12.2. The third kappa shape index (κ3) is 8.33. The third-order valence-electron chi connectivity index (χ3n) is 10.2. The maximum atomic E-state index is 6.87. The maximum Gasteiger partial charge on any atom is 0.0759 e. The molecule has 7 aromatic carbocycles. The zero-order valence-electron chi connectivity index (χ0n) is 32.2. The van der Waals surface area contributed by atoms with E-state index in [4.69, 9.17) is 15.7 Å². The fourth-order valence-corrected chi connectivity index (χ4v) is 6.85. The molecule has 7 aromatic rings. The van der Waals surface area contributed by atoms with E-state index in [-0.39, 0.29) is 0 Å². The lowest BCUT2D eigenvalue weighted by Crippen LogP contribution is -2.11. The molecule has 0 aliphatic carbocycles. The number of hydrogen-bond acceptors (Lipinski definition) is 3. The topological polar surface area (TPSA) is 50.7 Å². The molecule has 0 aromatic heterocycles. The van der Waals surface area contributed by atoms with Gasteiger partial charge in [0.25, 0.3) is 0 Å². The molecule has 0 saturated carbocycles. The van der Waals surface area contributed by atoms with Crippen molar-refractivity contribution in [2.45, 2.75) is 20.8 Å². The minimum atomic E-state index is 0.644. The van der Waals surface area contributed by atoms with Gasteiger partial charge in [-0.25, -0.2) is 4.99 Å². The van der Waals surface area contributed by atoms with Crippen molar-refractivity contribution in [2.24, 2.45) is 15.7 Å². The van der Waals surface area contributed by atoms with E-state index in [0.29, 0.717) is 11.4 Å². The largest absolute Gasteiger partial charge is 0.398 e. The first-order valence-electron chi connectivity index (χ1n) is 18.8. The van der Waals surface area contributed by atoms with E-state index in [9.17, 15) is 0 Å². The van der Waals surface area contributed by atoms with E-state index in [2.05, 4.69) is 160 Å². The van der Waals surface area contributed by atoms with Crippen LogP contribution in [0.5, 0.6) is 0 Å². The summed E-state index contributed by atoms with van der Waals surface area (Å²) >= 11 is 0. The van der Waals surface area contributed by atoms with Gasteiger partial charge in [0.2, 0.25) is 0 Å². The van der Waals surface area contributed by atoms with Crippen LogP contribution in [0.4, 0.5) is 5.69 Å². The van der Waals surface area contributed by atoms with E-state index < -0.39 is 0 Å². The van der Waals surface area contributed by atoms with Gasteiger partial charge in [0.1, 0.15) is 0 Å². The molecule has 3 nitrogen and oxygen atoms in total. The average molecular weight is 724 g/mol. The highest BCUT2D eigenvalue weighted by molar-refractivity contribution is 6.17. The van der Waals surface area contributed by atoms with E-state index in [1.807, 2.05) is 56.3 Å². The van der Waals surface area contributed by atoms with Crippen molar-refractivity contribution in [3.8, 4) is 22.3 Å². The van der Waals surface area contributed by atoms with Gasteiger partial charge in [0.15, 0.2) is 0 Å². The molecule has 0 amide bonds. The molecular weight excluding hydrogens is 679 g/mol. The summed E-state index contributed by atoms with van der Waals surface area (Å²) in [5.41, 5.74) is 24.3. The quantitative estimate of drug-likeness (QED) is 0.133. The molecule has 2 N–H and O–H groups in total. The van der Waals surface area contributed by atoms with Crippen LogP contribution in [-0.2, 0) is 0 Å². The number of allylic oxidation sites excluding steroid dienone is 1. The van der Waals surface area contributed by atoms with Crippen LogP contribution in [0.2, 0.25) is 0 Å². The van der Waals surface area contributed by atoms with Gasteiger partial charge in [-0.15, -0.1) is 0 Å². The van der Waals surface area contributed by atoms with Gasteiger partial charge in [-0.3, -0.25) is 4.99 Å². The lowest BCUT2D eigenvalue weighted by Gasteiger charge is -2.15. The Hall–Kier alpha value is -7.10. The Morgan fingerprint density at radius 2 is 0.911 bits per heavy atom. The fraction of sp³-hybridized carbons (Fsp3) is 0.0566. The standard InChI is InChI=1S/C53H45N3/c1-36-16-12-13-21-49(36)52(54)38(3)53(48-34-32-47(33-35-48)45-19-10-7-11-20-45)56-40(5)43-28-26-42(27-29-43)39(4)55-51-23-15-14-22-50(51)37(2)41-24-30-46(31-25-41)44-17-8-6-9-18-44/h6-35H,2,5,54H2,1,3-4H3/b52-38-,55-39?,56-53?. The molecule has 272 valence electrons. The van der Waals surface area contributed by atoms with E-state index in [1.54, 1.807) is 0 Å². The number of aryl methyl sites for hydroxylation is 1. The zero-order chi connectivity index (χ0) is 39.0. The predicted octanol–water partition coefficient (Wildman–Crippen LogP) is 13.4. The maximum absolute atomic E-state index is 6.87. The monoisotopic (exact) mass is 723 g/mol. The molecule has 0 aliphatic rings. The van der Waals surface area contributed by atoms with Gasteiger partial charge >= 0.3 is 0 Å². The predicted molar refractivity (Wildman–Crippen MR) is 240 cm³/mol. The Morgan fingerprint density at radius 3 is 1.48 bits per heavy atom. The van der Waals surface area contributed by atoms with Crippen LogP contribution in [-0.4, -0.2) is 11.4 Å². The second-order valence-corrected chi connectivity index (χ2v) is 13.9. The van der Waals surface area contributed by atoms with Crippen LogP contribution in [0, 0.1) is 6.92 Å². The summed E-state index contributed by atoms with van der Waals surface area (Å²) in [6, 6.07) is 62.4. The first kappa shape index (κ1) is 37.2. The highest BCUT2D eigenvalue weighted by Crippen LogP contribution is 2.32. The highest BCUT2D eigenvalue weighted by Gasteiger charge is 2.15. The number of aliphatic imine (C=N–C) groups is 2. The van der Waals surface area contributed by atoms with Crippen LogP contribution < -0.4 is 5.73 Å². The van der Waals surface area contributed by atoms with Crippen molar-refractivity contribution in [2.75, 3.05) is 0 Å². The third-order valence-corrected chi connectivity index (χ3v) is 10.2. The van der Waals surface area contributed by atoms with Crippen LogP contribution in [0.1, 0.15) is 52.8 Å². The molecule has 3 heteroatoms. The SMILES string of the molecule is C=C(N=C(/C(C)=C(\N)c1ccccc1C)c1ccc(-c2ccccc2)cc1)c1ccc(C(C)=Nc2ccccc2C(=C)c2ccc(-c3ccccc3)cc2)cc1. The number of benzene rings is 7. The van der Waals surface area contributed by atoms with Crippen LogP contribution in [0.3, 0.4) is 0 Å². The van der Waals surface area contributed by atoms with Crippen molar-refractivity contribution in [3.63, 3.8) is 0 Å². The number of hydrogen-bond donors (Lipinski definition) is 1. The smallest absolute Gasteiger partial charge is 0.0759 e. The molecule has 0 saturated heterocycles. The number of rotatable bonds is 11. The zero-order valence-corrected chi connectivity index (χ0v) is 32.2. The summed E-state index contributed by atoms with van der Waals surface area (Å²) in [5, 5.41) is 0. The van der Waals surface area contributed by atoms with Crippen molar-refractivity contribution < 1.29 is 0 Å². The van der Waals surface area contributed by atoms with Gasteiger partial charge < -0.3 is 5.73 Å². The summed E-state index contributed by atoms with van der Waals surface area (Å²) in [6.07, 6.45) is 0. The minimum absolute atomic E-state index is 0.644. The molecule has 0 aliphatic heterocycles. The lowest BCUT2D eigenvalue weighted by molar-refractivity contribution is 1.36. The summed E-state index contributed by atoms with van der Waals surface area (Å²) in [5.74, 6) is 0. The van der Waals surface area contributed by atoms with Crippen LogP contribution >= 0.6 is 0 Å². The molecular formula is C53H45N3. The average Bonchev–Trinajstić information content (AvgIpc) is 3.26. The molecule has 0 atom stereocenters. The first-order valence-corrected chi connectivity index (χ1v) is 18.8. The van der Waals surface area contributed by atoms with Gasteiger partial charge in [-0.1, -0.05) is 189 Å². The first-order chi connectivity index (χ1) is 27.3. The van der Waals surface area contributed by atoms with Gasteiger partial charge in [0.05, 0.1) is 17.1 Å². The summed E-state index contributed by atoms with van der Waals surface area (Å²) in [4.78, 5) is 10.3. The molecule has 7 rings (SSSR count). The van der Waals surface area contributed by atoms with Crippen LogP contribution in [0.15, 0.2) is 211 Å². The highest BCUT2D eigenvalue weighted by atomic mass is 14.8. The van der Waals surface area contributed by atoms with Gasteiger partial charge in [-0.05, 0) is 82.5 Å². The van der Waals surface area contributed by atoms with E-state index >= 15 is 0 Å². The summed E-state index contributed by atoms with van der Waals surface area (Å²) in [7, 11) is 0. The van der Waals surface area contributed by atoms with E-state index in [0.717, 1.165) is 78.3 Å². The fourth-order valence-electron chi connectivity index (χ4n) is 6.85. The molecule has 0 unspecified atom stereocenters. The van der Waals surface area contributed by atoms with Crippen molar-refractivity contribution in [1.29, 1.82) is 0 Å². The summed E-state index contributed by atoms with van der Waals surface area (Å²) < 4.78 is 0. The number of nitrogens with zero attached hydrogens (tertiary/aromatic N) is 2. The number of para-hydroxylation sites is 1. The molecule has 0 heterocycles. The van der Waals surface area contributed by atoms with Crippen LogP contribution in [0.25, 0.3) is 39.2 Å².